The molecule has 1 fully saturated rings. The van der Waals surface area contributed by atoms with Crippen LogP contribution in [0.2, 0.25) is 0 Å². The number of nitrogens with zero attached hydrogens (tertiary/aromatic N) is 1. The van der Waals surface area contributed by atoms with Crippen LogP contribution < -0.4 is 10.6 Å². The van der Waals surface area contributed by atoms with Crippen molar-refractivity contribution >= 4 is 21.6 Å². The van der Waals surface area contributed by atoms with Crippen LogP contribution in [0.4, 0.5) is 5.69 Å². The van der Waals surface area contributed by atoms with Gasteiger partial charge in [-0.2, -0.15) is 0 Å². The van der Waals surface area contributed by atoms with E-state index < -0.39 is 0 Å². The fourth-order valence-electron chi connectivity index (χ4n) is 2.13. The van der Waals surface area contributed by atoms with E-state index in [0.717, 1.165) is 36.2 Å². The first kappa shape index (κ1) is 12.9. The molecule has 2 rings (SSSR count). The molecule has 94 valence electrons. The summed E-state index contributed by atoms with van der Waals surface area (Å²) in [5, 5.41) is 0. The highest BCUT2D eigenvalue weighted by atomic mass is 79.9. The predicted molar refractivity (Wildman–Crippen MR) is 74.3 cm³/mol. The van der Waals surface area contributed by atoms with Gasteiger partial charge in [0.2, 0.25) is 0 Å². The van der Waals surface area contributed by atoms with Crippen LogP contribution in [0, 0.1) is 0 Å². The summed E-state index contributed by atoms with van der Waals surface area (Å²) in [5.41, 5.74) is 8.11. The number of halogens is 1. The fourth-order valence-corrected chi connectivity index (χ4v) is 2.66. The Labute approximate surface area is 111 Å². The van der Waals surface area contributed by atoms with E-state index in [1.165, 1.54) is 5.69 Å². The summed E-state index contributed by atoms with van der Waals surface area (Å²) in [5.74, 6) is 0. The first-order chi connectivity index (χ1) is 8.22. The average Bonchev–Trinajstić information content (AvgIpc) is 2.38. The first-order valence-corrected chi connectivity index (χ1v) is 6.88. The van der Waals surface area contributed by atoms with Gasteiger partial charge in [-0.15, -0.1) is 0 Å². The lowest BCUT2D eigenvalue weighted by molar-refractivity contribution is 0.0384. The number of ether oxygens (including phenoxy) is 1. The molecule has 3 nitrogen and oxygen atoms in total. The third kappa shape index (κ3) is 3.21. The summed E-state index contributed by atoms with van der Waals surface area (Å²) < 4.78 is 6.78. The van der Waals surface area contributed by atoms with Gasteiger partial charge in [0.05, 0.1) is 12.7 Å². The molecule has 2 N–H and O–H groups in total. The second-order valence-electron chi connectivity index (χ2n) is 4.37. The topological polar surface area (TPSA) is 38.5 Å². The fraction of sp³-hybridized carbons (Fsp3) is 0.538. The van der Waals surface area contributed by atoms with Gasteiger partial charge in [-0.1, -0.05) is 22.9 Å². The zero-order chi connectivity index (χ0) is 12.3. The van der Waals surface area contributed by atoms with Gasteiger partial charge in [0, 0.05) is 29.8 Å². The Morgan fingerprint density at radius 2 is 2.29 bits per heavy atom. The van der Waals surface area contributed by atoms with Gasteiger partial charge < -0.3 is 15.4 Å². The second-order valence-corrected chi connectivity index (χ2v) is 5.28. The van der Waals surface area contributed by atoms with Crippen molar-refractivity contribution in [2.45, 2.75) is 26.0 Å². The molecule has 1 aliphatic rings. The average molecular weight is 299 g/mol. The monoisotopic (exact) mass is 298 g/mol. The van der Waals surface area contributed by atoms with E-state index in [9.17, 15) is 0 Å². The van der Waals surface area contributed by atoms with Gasteiger partial charge in [0.15, 0.2) is 0 Å². The summed E-state index contributed by atoms with van der Waals surface area (Å²) in [6.07, 6.45) is 1.41. The van der Waals surface area contributed by atoms with Crippen LogP contribution in [0.25, 0.3) is 0 Å². The van der Waals surface area contributed by atoms with Crippen molar-refractivity contribution in [1.82, 2.24) is 0 Å². The standard InChI is InChI=1S/C13H19BrN2O/c1-2-13-9-16(3-4-17-13)12-6-10(8-15)5-11(14)7-12/h5-7,13H,2-4,8-9,15H2,1H3. The van der Waals surface area contributed by atoms with Gasteiger partial charge in [-0.25, -0.2) is 0 Å². The molecule has 1 aromatic rings. The largest absolute Gasteiger partial charge is 0.375 e. The van der Waals surface area contributed by atoms with Crippen molar-refractivity contribution in [3.63, 3.8) is 0 Å². The molecular weight excluding hydrogens is 280 g/mol. The second kappa shape index (κ2) is 5.85. The molecule has 0 bridgehead atoms. The molecular formula is C13H19BrN2O. The summed E-state index contributed by atoms with van der Waals surface area (Å²) in [7, 11) is 0. The summed E-state index contributed by atoms with van der Waals surface area (Å²) in [4.78, 5) is 2.38. The zero-order valence-electron chi connectivity index (χ0n) is 10.2. The van der Waals surface area contributed by atoms with Crippen LogP contribution in [0.3, 0.4) is 0 Å². The predicted octanol–water partition coefficient (Wildman–Crippen LogP) is 2.52. The van der Waals surface area contributed by atoms with Gasteiger partial charge in [0.25, 0.3) is 0 Å². The van der Waals surface area contributed by atoms with E-state index >= 15 is 0 Å². The van der Waals surface area contributed by atoms with Gasteiger partial charge in [-0.05, 0) is 30.2 Å². The number of anilines is 1. The lowest BCUT2D eigenvalue weighted by atomic mass is 10.1. The number of rotatable bonds is 3. The number of hydrogen-bond donors (Lipinski definition) is 1. The number of hydrogen-bond acceptors (Lipinski definition) is 3. The zero-order valence-corrected chi connectivity index (χ0v) is 11.7. The van der Waals surface area contributed by atoms with E-state index in [-0.39, 0.29) is 0 Å². The summed E-state index contributed by atoms with van der Waals surface area (Å²) >= 11 is 3.54. The number of morpholine rings is 1. The summed E-state index contributed by atoms with van der Waals surface area (Å²) in [6, 6.07) is 6.39. The number of benzene rings is 1. The molecule has 17 heavy (non-hydrogen) atoms. The molecule has 0 radical (unpaired) electrons. The molecule has 4 heteroatoms. The van der Waals surface area contributed by atoms with E-state index in [1.807, 2.05) is 0 Å². The molecule has 1 aromatic carbocycles. The number of nitrogens with two attached hydrogens (primary N) is 1. The molecule has 1 atom stereocenters. The van der Waals surface area contributed by atoms with Gasteiger partial charge in [0.1, 0.15) is 0 Å². The maximum Gasteiger partial charge on any atom is 0.0748 e. The highest BCUT2D eigenvalue weighted by molar-refractivity contribution is 9.10. The highest BCUT2D eigenvalue weighted by Crippen LogP contribution is 2.25. The Morgan fingerprint density at radius 1 is 1.47 bits per heavy atom. The third-order valence-electron chi connectivity index (χ3n) is 3.14. The maximum atomic E-state index is 5.71. The quantitative estimate of drug-likeness (QED) is 0.932. The van der Waals surface area contributed by atoms with Crippen LogP contribution in [0.15, 0.2) is 22.7 Å². The van der Waals surface area contributed by atoms with Gasteiger partial charge in [-0.3, -0.25) is 0 Å². The Balaban J connectivity index is 2.18. The highest BCUT2D eigenvalue weighted by Gasteiger charge is 2.19. The van der Waals surface area contributed by atoms with Crippen molar-refractivity contribution in [1.29, 1.82) is 0 Å². The minimum absolute atomic E-state index is 0.351. The lowest BCUT2D eigenvalue weighted by Crippen LogP contribution is -2.42. The first-order valence-electron chi connectivity index (χ1n) is 6.09. The molecule has 1 aliphatic heterocycles. The molecule has 0 aliphatic carbocycles. The van der Waals surface area contributed by atoms with Crippen molar-refractivity contribution in [2.24, 2.45) is 5.73 Å². The molecule has 0 aromatic heterocycles. The Kier molecular flexibility index (Phi) is 4.42. The maximum absolute atomic E-state index is 5.71. The molecule has 0 amide bonds. The molecule has 1 saturated heterocycles. The van der Waals surface area contributed by atoms with E-state index in [0.29, 0.717) is 12.6 Å². The van der Waals surface area contributed by atoms with Crippen LogP contribution in [0.5, 0.6) is 0 Å². The van der Waals surface area contributed by atoms with Gasteiger partial charge >= 0.3 is 0 Å². The van der Waals surface area contributed by atoms with Crippen LogP contribution in [0.1, 0.15) is 18.9 Å². The lowest BCUT2D eigenvalue weighted by Gasteiger charge is -2.34. The molecule has 1 heterocycles. The molecule has 1 unspecified atom stereocenters. The summed E-state index contributed by atoms with van der Waals surface area (Å²) in [6.45, 7) is 5.48. The van der Waals surface area contributed by atoms with Crippen molar-refractivity contribution in [3.05, 3.63) is 28.2 Å². The molecule has 0 spiro atoms. The van der Waals surface area contributed by atoms with Crippen LogP contribution in [-0.4, -0.2) is 25.8 Å². The molecule has 0 saturated carbocycles. The minimum Gasteiger partial charge on any atom is -0.375 e. The van der Waals surface area contributed by atoms with E-state index in [1.54, 1.807) is 0 Å². The van der Waals surface area contributed by atoms with E-state index in [4.69, 9.17) is 10.5 Å². The Bertz CT molecular complexity index is 384. The minimum atomic E-state index is 0.351. The SMILES string of the molecule is CCC1CN(c2cc(Br)cc(CN)c2)CCO1. The smallest absolute Gasteiger partial charge is 0.0748 e. The van der Waals surface area contributed by atoms with Crippen LogP contribution in [-0.2, 0) is 11.3 Å². The van der Waals surface area contributed by atoms with Crippen LogP contribution >= 0.6 is 15.9 Å². The Morgan fingerprint density at radius 3 is 3.00 bits per heavy atom. The van der Waals surface area contributed by atoms with Crippen molar-refractivity contribution in [3.8, 4) is 0 Å². The van der Waals surface area contributed by atoms with Crippen molar-refractivity contribution < 1.29 is 4.74 Å². The normalized spacial score (nSPS) is 20.6. The third-order valence-corrected chi connectivity index (χ3v) is 3.60. The van der Waals surface area contributed by atoms with Crippen molar-refractivity contribution in [2.75, 3.05) is 24.6 Å². The Hall–Kier alpha value is -0.580. The van der Waals surface area contributed by atoms with E-state index in [2.05, 4.69) is 46.0 Å².